The van der Waals surface area contributed by atoms with Crippen LogP contribution in [-0.2, 0) is 0 Å². The lowest BCUT2D eigenvalue weighted by Crippen LogP contribution is -2.19. The molecule has 98 valence electrons. The van der Waals surface area contributed by atoms with Gasteiger partial charge in [0.25, 0.3) is 5.89 Å². The van der Waals surface area contributed by atoms with Crippen molar-refractivity contribution < 1.29 is 4.42 Å². The summed E-state index contributed by atoms with van der Waals surface area (Å²) in [6, 6.07) is 0.0838. The number of nitrogens with one attached hydrogen (secondary N) is 1. The van der Waals surface area contributed by atoms with Gasteiger partial charge in [0.15, 0.2) is 0 Å². The predicted octanol–water partition coefficient (Wildman–Crippen LogP) is 2.87. The van der Waals surface area contributed by atoms with Crippen LogP contribution in [0.4, 0.5) is 0 Å². The molecular weight excluding hydrogens is 248 g/mol. The fraction of sp³-hybridized carbons (Fsp3) is 0.583. The molecule has 2 heterocycles. The number of rotatable bonds is 5. The van der Waals surface area contributed by atoms with Crippen LogP contribution < -0.4 is 5.32 Å². The van der Waals surface area contributed by atoms with Crippen molar-refractivity contribution in [3.63, 3.8) is 0 Å². The van der Waals surface area contributed by atoms with Crippen LogP contribution >= 0.6 is 11.3 Å². The Morgan fingerprint density at radius 3 is 2.72 bits per heavy atom. The lowest BCUT2D eigenvalue weighted by molar-refractivity contribution is 0.423. The van der Waals surface area contributed by atoms with Gasteiger partial charge in [0.2, 0.25) is 5.89 Å². The maximum atomic E-state index is 5.71. The Balaban J connectivity index is 2.17. The molecule has 2 rings (SSSR count). The van der Waals surface area contributed by atoms with Gasteiger partial charge in [-0.15, -0.1) is 21.5 Å². The van der Waals surface area contributed by atoms with Crippen LogP contribution in [0, 0.1) is 13.8 Å². The summed E-state index contributed by atoms with van der Waals surface area (Å²) in [5, 5.41) is 12.5. The molecule has 0 aliphatic rings. The summed E-state index contributed by atoms with van der Waals surface area (Å²) < 4.78 is 5.71. The van der Waals surface area contributed by atoms with Crippen molar-refractivity contribution in [3.8, 4) is 10.8 Å². The highest BCUT2D eigenvalue weighted by molar-refractivity contribution is 7.15. The third-order valence-corrected chi connectivity index (χ3v) is 3.67. The Bertz CT molecular complexity index is 520. The van der Waals surface area contributed by atoms with Gasteiger partial charge in [0.1, 0.15) is 4.88 Å². The largest absolute Gasteiger partial charge is 0.418 e. The van der Waals surface area contributed by atoms with Crippen molar-refractivity contribution in [1.29, 1.82) is 0 Å². The quantitative estimate of drug-likeness (QED) is 0.901. The molecule has 1 atom stereocenters. The van der Waals surface area contributed by atoms with Gasteiger partial charge in [-0.05, 0) is 33.7 Å². The van der Waals surface area contributed by atoms with Gasteiger partial charge in [-0.1, -0.05) is 6.92 Å². The molecule has 0 aliphatic heterocycles. The van der Waals surface area contributed by atoms with Crippen molar-refractivity contribution in [2.24, 2.45) is 0 Å². The molecule has 0 aliphatic carbocycles. The molecule has 0 amide bonds. The fourth-order valence-electron chi connectivity index (χ4n) is 1.68. The Morgan fingerprint density at radius 1 is 1.33 bits per heavy atom. The van der Waals surface area contributed by atoms with Crippen molar-refractivity contribution in [2.75, 3.05) is 6.54 Å². The molecule has 0 radical (unpaired) electrons. The Labute approximate surface area is 111 Å². The lowest BCUT2D eigenvalue weighted by Gasteiger charge is -2.07. The normalized spacial score (nSPS) is 12.9. The average Bonchev–Trinajstić information content (AvgIpc) is 2.92. The summed E-state index contributed by atoms with van der Waals surface area (Å²) >= 11 is 1.58. The fourth-order valence-corrected chi connectivity index (χ4v) is 2.52. The van der Waals surface area contributed by atoms with E-state index in [0.717, 1.165) is 28.5 Å². The molecule has 1 unspecified atom stereocenters. The maximum absolute atomic E-state index is 5.71. The first-order valence-corrected chi connectivity index (χ1v) is 6.94. The first kappa shape index (κ1) is 13.2. The Morgan fingerprint density at radius 2 is 2.11 bits per heavy atom. The number of nitrogens with zero attached hydrogens (tertiary/aromatic N) is 3. The zero-order valence-electron chi connectivity index (χ0n) is 11.1. The molecule has 2 aromatic heterocycles. The Kier molecular flexibility index (Phi) is 4.08. The van der Waals surface area contributed by atoms with E-state index in [-0.39, 0.29) is 6.04 Å². The molecule has 2 aromatic rings. The molecule has 0 saturated carbocycles. The van der Waals surface area contributed by atoms with Crippen LogP contribution in [0.25, 0.3) is 10.8 Å². The van der Waals surface area contributed by atoms with Crippen molar-refractivity contribution in [1.82, 2.24) is 20.5 Å². The molecule has 5 nitrogen and oxygen atoms in total. The Hall–Kier alpha value is -1.27. The first-order valence-electron chi connectivity index (χ1n) is 6.13. The zero-order chi connectivity index (χ0) is 13.1. The van der Waals surface area contributed by atoms with Gasteiger partial charge in [0.05, 0.1) is 16.7 Å². The zero-order valence-corrected chi connectivity index (χ0v) is 12.0. The van der Waals surface area contributed by atoms with Gasteiger partial charge in [-0.25, -0.2) is 4.98 Å². The molecular formula is C12H18N4OS. The van der Waals surface area contributed by atoms with Crippen LogP contribution in [0.1, 0.15) is 42.9 Å². The molecule has 0 bridgehead atoms. The molecule has 0 saturated heterocycles. The van der Waals surface area contributed by atoms with E-state index < -0.39 is 0 Å². The first-order chi connectivity index (χ1) is 8.61. The van der Waals surface area contributed by atoms with E-state index in [1.165, 1.54) is 0 Å². The second kappa shape index (κ2) is 5.58. The van der Waals surface area contributed by atoms with E-state index in [1.807, 2.05) is 20.8 Å². The van der Waals surface area contributed by atoms with E-state index in [1.54, 1.807) is 11.3 Å². The van der Waals surface area contributed by atoms with Crippen LogP contribution in [-0.4, -0.2) is 21.7 Å². The highest BCUT2D eigenvalue weighted by atomic mass is 32.1. The monoisotopic (exact) mass is 266 g/mol. The molecule has 0 spiro atoms. The van der Waals surface area contributed by atoms with Crippen LogP contribution in [0.5, 0.6) is 0 Å². The molecule has 0 fully saturated rings. The van der Waals surface area contributed by atoms with Gasteiger partial charge in [-0.2, -0.15) is 0 Å². The summed E-state index contributed by atoms with van der Waals surface area (Å²) in [6.45, 7) is 9.03. The average molecular weight is 266 g/mol. The molecule has 0 aromatic carbocycles. The summed E-state index contributed by atoms with van der Waals surface area (Å²) in [6.07, 6.45) is 1.08. The van der Waals surface area contributed by atoms with Gasteiger partial charge >= 0.3 is 0 Å². The van der Waals surface area contributed by atoms with Crippen molar-refractivity contribution in [3.05, 3.63) is 16.6 Å². The molecule has 1 N–H and O–H groups in total. The van der Waals surface area contributed by atoms with Crippen molar-refractivity contribution >= 4 is 11.3 Å². The summed E-state index contributed by atoms with van der Waals surface area (Å²) in [5.74, 6) is 1.20. The topological polar surface area (TPSA) is 63.8 Å². The summed E-state index contributed by atoms with van der Waals surface area (Å²) in [4.78, 5) is 5.33. The lowest BCUT2D eigenvalue weighted by atomic mass is 10.3. The highest BCUT2D eigenvalue weighted by Crippen LogP contribution is 2.29. The third-order valence-electron chi connectivity index (χ3n) is 2.61. The number of thiazole rings is 1. The van der Waals surface area contributed by atoms with E-state index in [9.17, 15) is 0 Å². The standard InChI is InChI=1S/C12H18N4OS/c1-5-6-13-8(3)11-15-16-12(17-11)10-7(2)14-9(4)18-10/h8,13H,5-6H2,1-4H3. The van der Waals surface area contributed by atoms with Crippen LogP contribution in [0.2, 0.25) is 0 Å². The van der Waals surface area contributed by atoms with Crippen LogP contribution in [0.3, 0.4) is 0 Å². The smallest absolute Gasteiger partial charge is 0.259 e. The summed E-state index contributed by atoms with van der Waals surface area (Å²) in [5.41, 5.74) is 0.946. The van der Waals surface area contributed by atoms with E-state index >= 15 is 0 Å². The summed E-state index contributed by atoms with van der Waals surface area (Å²) in [7, 11) is 0. The molecule has 18 heavy (non-hydrogen) atoms. The number of hydrogen-bond acceptors (Lipinski definition) is 6. The minimum absolute atomic E-state index is 0.0838. The SMILES string of the molecule is CCCNC(C)c1nnc(-c2sc(C)nc2C)o1. The minimum Gasteiger partial charge on any atom is -0.418 e. The van der Waals surface area contributed by atoms with Gasteiger partial charge in [0, 0.05) is 0 Å². The highest BCUT2D eigenvalue weighted by Gasteiger charge is 2.17. The maximum Gasteiger partial charge on any atom is 0.259 e. The second-order valence-corrected chi connectivity index (χ2v) is 5.47. The van der Waals surface area contributed by atoms with E-state index in [4.69, 9.17) is 4.42 Å². The van der Waals surface area contributed by atoms with Gasteiger partial charge < -0.3 is 9.73 Å². The number of hydrogen-bond donors (Lipinski definition) is 1. The van der Waals surface area contributed by atoms with Crippen LogP contribution in [0.15, 0.2) is 4.42 Å². The number of aromatic nitrogens is 3. The second-order valence-electron chi connectivity index (χ2n) is 4.27. The van der Waals surface area contributed by atoms with E-state index in [2.05, 4.69) is 27.4 Å². The number of aryl methyl sites for hydroxylation is 2. The molecule has 6 heteroatoms. The van der Waals surface area contributed by atoms with Crippen molar-refractivity contribution in [2.45, 2.75) is 40.2 Å². The predicted molar refractivity (Wildman–Crippen MR) is 71.6 cm³/mol. The van der Waals surface area contributed by atoms with Gasteiger partial charge in [-0.3, -0.25) is 0 Å². The van der Waals surface area contributed by atoms with E-state index in [0.29, 0.717) is 11.8 Å². The minimum atomic E-state index is 0.0838. The third kappa shape index (κ3) is 2.76.